The average Bonchev–Trinajstić information content (AvgIpc) is 2.90. The van der Waals surface area contributed by atoms with Gasteiger partial charge in [0.2, 0.25) is 0 Å². The Bertz CT molecular complexity index is 495. The lowest BCUT2D eigenvalue weighted by Crippen LogP contribution is -2.11. The second-order valence-electron chi connectivity index (χ2n) is 3.62. The van der Waals surface area contributed by atoms with Gasteiger partial charge >= 0.3 is 0 Å². The van der Waals surface area contributed by atoms with Crippen molar-refractivity contribution >= 4 is 5.69 Å². The zero-order valence-corrected chi connectivity index (χ0v) is 9.51. The summed E-state index contributed by atoms with van der Waals surface area (Å²) in [5, 5.41) is 12.0. The monoisotopic (exact) mass is 227 g/mol. The van der Waals surface area contributed by atoms with Crippen LogP contribution in [0.25, 0.3) is 0 Å². The maximum atomic E-state index is 8.66. The molecule has 0 aliphatic rings. The first-order chi connectivity index (χ1) is 8.33. The van der Waals surface area contributed by atoms with Gasteiger partial charge in [-0.05, 0) is 18.6 Å². The van der Waals surface area contributed by atoms with Crippen molar-refractivity contribution in [3.63, 3.8) is 0 Å². The molecule has 0 fully saturated rings. The highest BCUT2D eigenvalue weighted by Crippen LogP contribution is 2.18. The van der Waals surface area contributed by atoms with E-state index in [1.165, 1.54) is 0 Å². The molecule has 0 saturated heterocycles. The highest BCUT2D eigenvalue weighted by molar-refractivity contribution is 5.44. The van der Waals surface area contributed by atoms with E-state index in [4.69, 9.17) is 5.26 Å². The first-order valence-electron chi connectivity index (χ1n) is 5.45. The molecule has 1 unspecified atom stereocenters. The number of nitrogens with zero attached hydrogens (tertiary/aromatic N) is 3. The summed E-state index contributed by atoms with van der Waals surface area (Å²) in [6.07, 6.45) is 6.10. The van der Waals surface area contributed by atoms with Crippen molar-refractivity contribution < 1.29 is 0 Å². The summed E-state index contributed by atoms with van der Waals surface area (Å²) in [5.74, 6) is 0.900. The van der Waals surface area contributed by atoms with Crippen LogP contribution < -0.4 is 5.32 Å². The molecule has 0 aliphatic carbocycles. The predicted octanol–water partition coefficient (Wildman–Crippen LogP) is 2.24. The Hall–Kier alpha value is -2.35. The van der Waals surface area contributed by atoms with Gasteiger partial charge in [0.25, 0.3) is 0 Å². The fraction of sp³-hybridized carbons (Fsp3) is 0.250. The van der Waals surface area contributed by atoms with Crippen molar-refractivity contribution in [1.82, 2.24) is 15.0 Å². The van der Waals surface area contributed by atoms with Crippen LogP contribution in [0.4, 0.5) is 5.69 Å². The first-order valence-corrected chi connectivity index (χ1v) is 5.45. The van der Waals surface area contributed by atoms with Crippen LogP contribution in [-0.4, -0.2) is 15.0 Å². The van der Waals surface area contributed by atoms with E-state index in [1.807, 2.05) is 12.1 Å². The van der Waals surface area contributed by atoms with Gasteiger partial charge in [-0.2, -0.15) is 5.26 Å². The third-order valence-electron chi connectivity index (χ3n) is 2.48. The van der Waals surface area contributed by atoms with E-state index in [9.17, 15) is 0 Å². The number of nitrogens with one attached hydrogen (secondary N) is 2. The van der Waals surface area contributed by atoms with Crippen molar-refractivity contribution in [1.29, 1.82) is 5.26 Å². The second-order valence-corrected chi connectivity index (χ2v) is 3.62. The van der Waals surface area contributed by atoms with Crippen LogP contribution in [-0.2, 0) is 0 Å². The number of nitriles is 1. The van der Waals surface area contributed by atoms with E-state index in [1.54, 1.807) is 24.7 Å². The van der Waals surface area contributed by atoms with E-state index in [-0.39, 0.29) is 6.04 Å². The Morgan fingerprint density at radius 1 is 1.47 bits per heavy atom. The van der Waals surface area contributed by atoms with Gasteiger partial charge in [-0.25, -0.2) is 9.97 Å². The average molecular weight is 227 g/mol. The van der Waals surface area contributed by atoms with Gasteiger partial charge in [-0.1, -0.05) is 6.92 Å². The van der Waals surface area contributed by atoms with Gasteiger partial charge in [0, 0.05) is 12.4 Å². The van der Waals surface area contributed by atoms with Crippen LogP contribution in [0.1, 0.15) is 30.9 Å². The Morgan fingerprint density at radius 2 is 2.35 bits per heavy atom. The van der Waals surface area contributed by atoms with Gasteiger partial charge in [-0.15, -0.1) is 0 Å². The molecule has 0 bridgehead atoms. The topological polar surface area (TPSA) is 77.4 Å². The lowest BCUT2D eigenvalue weighted by molar-refractivity contribution is 0.703. The molecule has 2 aromatic heterocycles. The molecule has 0 amide bonds. The number of rotatable bonds is 4. The van der Waals surface area contributed by atoms with E-state index in [0.29, 0.717) is 5.69 Å². The largest absolute Gasteiger partial charge is 0.374 e. The van der Waals surface area contributed by atoms with Crippen molar-refractivity contribution in [2.45, 2.75) is 19.4 Å². The van der Waals surface area contributed by atoms with Crippen LogP contribution in [0.15, 0.2) is 30.7 Å². The fourth-order valence-corrected chi connectivity index (χ4v) is 1.58. The zero-order valence-electron chi connectivity index (χ0n) is 9.51. The van der Waals surface area contributed by atoms with Gasteiger partial charge < -0.3 is 10.3 Å². The highest BCUT2D eigenvalue weighted by Gasteiger charge is 2.11. The number of imidazole rings is 1. The van der Waals surface area contributed by atoms with Crippen molar-refractivity contribution in [3.8, 4) is 6.07 Å². The van der Waals surface area contributed by atoms with E-state index in [0.717, 1.165) is 17.9 Å². The van der Waals surface area contributed by atoms with Gasteiger partial charge in [0.05, 0.1) is 17.9 Å². The van der Waals surface area contributed by atoms with Crippen LogP contribution in [0, 0.1) is 11.3 Å². The minimum atomic E-state index is 0.125. The van der Waals surface area contributed by atoms with E-state index >= 15 is 0 Å². The maximum Gasteiger partial charge on any atom is 0.140 e. The molecule has 0 spiro atoms. The Kier molecular flexibility index (Phi) is 3.36. The molecule has 1 atom stereocenters. The normalized spacial score (nSPS) is 11.8. The molecule has 2 heterocycles. The lowest BCUT2D eigenvalue weighted by Gasteiger charge is -2.15. The van der Waals surface area contributed by atoms with Crippen LogP contribution >= 0.6 is 0 Å². The molecule has 0 aliphatic heterocycles. The lowest BCUT2D eigenvalue weighted by atomic mass is 10.2. The maximum absolute atomic E-state index is 8.66. The smallest absolute Gasteiger partial charge is 0.140 e. The van der Waals surface area contributed by atoms with Crippen molar-refractivity contribution in [2.75, 3.05) is 5.32 Å². The summed E-state index contributed by atoms with van der Waals surface area (Å²) >= 11 is 0. The molecular weight excluding hydrogens is 214 g/mol. The summed E-state index contributed by atoms with van der Waals surface area (Å²) < 4.78 is 0. The Labute approximate surface area is 99.5 Å². The summed E-state index contributed by atoms with van der Waals surface area (Å²) in [6.45, 7) is 2.08. The number of anilines is 1. The molecule has 2 aromatic rings. The van der Waals surface area contributed by atoms with E-state index in [2.05, 4.69) is 27.2 Å². The molecule has 0 aromatic carbocycles. The number of aromatic amines is 1. The van der Waals surface area contributed by atoms with E-state index < -0.39 is 0 Å². The third kappa shape index (κ3) is 2.61. The van der Waals surface area contributed by atoms with Crippen LogP contribution in [0.2, 0.25) is 0 Å². The molecule has 17 heavy (non-hydrogen) atoms. The fourth-order valence-electron chi connectivity index (χ4n) is 1.58. The Balaban J connectivity index is 2.11. The van der Waals surface area contributed by atoms with Crippen molar-refractivity contribution in [2.24, 2.45) is 0 Å². The highest BCUT2D eigenvalue weighted by atomic mass is 15.0. The molecule has 2 N–H and O–H groups in total. The summed E-state index contributed by atoms with van der Waals surface area (Å²) in [7, 11) is 0. The summed E-state index contributed by atoms with van der Waals surface area (Å²) in [5.41, 5.74) is 1.30. The molecule has 5 heteroatoms. The molecule has 5 nitrogen and oxygen atoms in total. The molecule has 0 radical (unpaired) electrons. The molecule has 86 valence electrons. The van der Waals surface area contributed by atoms with Crippen LogP contribution in [0.3, 0.4) is 0 Å². The number of hydrogen-bond donors (Lipinski definition) is 2. The predicted molar refractivity (Wildman–Crippen MR) is 64.2 cm³/mol. The minimum absolute atomic E-state index is 0.125. The Morgan fingerprint density at radius 3 is 2.88 bits per heavy atom. The standard InChI is InChI=1S/C12H13N5/c1-2-11(12-14-5-6-15-12)17-10-4-3-9(7-13)16-8-10/h3-6,8,11,17H,2H2,1H3,(H,14,15). The molecule has 2 rings (SSSR count). The zero-order chi connectivity index (χ0) is 12.1. The van der Waals surface area contributed by atoms with Gasteiger partial charge in [0.15, 0.2) is 0 Å². The summed E-state index contributed by atoms with van der Waals surface area (Å²) in [6, 6.07) is 5.65. The third-order valence-corrected chi connectivity index (χ3v) is 2.48. The first kappa shape index (κ1) is 11.1. The van der Waals surface area contributed by atoms with Crippen molar-refractivity contribution in [3.05, 3.63) is 42.2 Å². The number of H-pyrrole nitrogens is 1. The number of hydrogen-bond acceptors (Lipinski definition) is 4. The SMILES string of the molecule is CCC(Nc1ccc(C#N)nc1)c1ncc[nH]1. The summed E-state index contributed by atoms with van der Waals surface area (Å²) in [4.78, 5) is 11.3. The van der Waals surface area contributed by atoms with Gasteiger partial charge in [-0.3, -0.25) is 0 Å². The second kappa shape index (κ2) is 5.12. The quantitative estimate of drug-likeness (QED) is 0.839. The van der Waals surface area contributed by atoms with Gasteiger partial charge in [0.1, 0.15) is 17.6 Å². The van der Waals surface area contributed by atoms with Crippen LogP contribution in [0.5, 0.6) is 0 Å². The minimum Gasteiger partial charge on any atom is -0.374 e. The molecular formula is C12H13N5. The number of pyridine rings is 1. The molecule has 0 saturated carbocycles. The number of aromatic nitrogens is 3.